The van der Waals surface area contributed by atoms with Crippen molar-refractivity contribution in [2.45, 2.75) is 27.2 Å². The maximum absolute atomic E-state index is 12.1. The van der Waals surface area contributed by atoms with Gasteiger partial charge in [-0.05, 0) is 30.9 Å². The third-order valence-electron chi connectivity index (χ3n) is 3.10. The lowest BCUT2D eigenvalue weighted by atomic mass is 10.0. The lowest BCUT2D eigenvalue weighted by molar-refractivity contribution is 0.0953. The Morgan fingerprint density at radius 1 is 1.24 bits per heavy atom. The number of carbonyl (C=O) groups is 1. The maximum atomic E-state index is 12.1. The number of carbonyl (C=O) groups excluding carboxylic acids is 1. The van der Waals surface area contributed by atoms with Crippen LogP contribution in [-0.2, 0) is 0 Å². The summed E-state index contributed by atoms with van der Waals surface area (Å²) < 4.78 is 5.13. The molecule has 0 aliphatic rings. The zero-order valence-corrected chi connectivity index (χ0v) is 12.6. The van der Waals surface area contributed by atoms with E-state index in [1.165, 1.54) is 6.26 Å². The van der Waals surface area contributed by atoms with Gasteiger partial charge in [-0.25, -0.2) is 5.43 Å². The molecule has 0 unspecified atom stereocenters. The van der Waals surface area contributed by atoms with Gasteiger partial charge < -0.3 is 4.42 Å². The standard InChI is InChI=1S/C17H20N2O2/c1-12(2)11-16(14-7-5-4-6-8-14)18-19-17(20)15-9-10-21-13(15)3/h4-10,12H,11H2,1-3H3,(H,19,20)/b18-16+. The third-order valence-corrected chi connectivity index (χ3v) is 3.10. The first-order valence-electron chi connectivity index (χ1n) is 7.04. The number of nitrogens with one attached hydrogen (secondary N) is 1. The summed E-state index contributed by atoms with van der Waals surface area (Å²) in [5.41, 5.74) is 5.03. The van der Waals surface area contributed by atoms with Crippen LogP contribution in [-0.4, -0.2) is 11.6 Å². The second-order valence-electron chi connectivity index (χ2n) is 5.35. The number of aryl methyl sites for hydroxylation is 1. The molecule has 0 radical (unpaired) electrons. The number of benzene rings is 1. The molecule has 2 aromatic rings. The van der Waals surface area contributed by atoms with Crippen LogP contribution in [0.4, 0.5) is 0 Å². The predicted molar refractivity (Wildman–Crippen MR) is 83.3 cm³/mol. The summed E-state index contributed by atoms with van der Waals surface area (Å²) in [5, 5.41) is 4.31. The second kappa shape index (κ2) is 6.88. The van der Waals surface area contributed by atoms with Crippen LogP contribution in [0.2, 0.25) is 0 Å². The molecule has 0 aliphatic heterocycles. The fourth-order valence-electron chi connectivity index (χ4n) is 2.04. The summed E-state index contributed by atoms with van der Waals surface area (Å²) in [6.07, 6.45) is 2.30. The Morgan fingerprint density at radius 3 is 2.52 bits per heavy atom. The quantitative estimate of drug-likeness (QED) is 0.671. The van der Waals surface area contributed by atoms with E-state index in [1.54, 1.807) is 13.0 Å². The number of hydrogen-bond donors (Lipinski definition) is 1. The summed E-state index contributed by atoms with van der Waals surface area (Å²) in [6.45, 7) is 6.01. The first-order chi connectivity index (χ1) is 10.1. The topological polar surface area (TPSA) is 54.6 Å². The minimum atomic E-state index is -0.251. The van der Waals surface area contributed by atoms with Crippen molar-refractivity contribution in [1.29, 1.82) is 0 Å². The Morgan fingerprint density at radius 2 is 1.95 bits per heavy atom. The van der Waals surface area contributed by atoms with Crippen LogP contribution < -0.4 is 5.43 Å². The van der Waals surface area contributed by atoms with Crippen molar-refractivity contribution < 1.29 is 9.21 Å². The van der Waals surface area contributed by atoms with Crippen molar-refractivity contribution in [3.63, 3.8) is 0 Å². The van der Waals surface area contributed by atoms with Crippen molar-refractivity contribution in [2.75, 3.05) is 0 Å². The Labute approximate surface area is 124 Å². The zero-order valence-electron chi connectivity index (χ0n) is 12.6. The number of furan rings is 1. The lowest BCUT2D eigenvalue weighted by Gasteiger charge is -2.09. The Kier molecular flexibility index (Phi) is 4.93. The van der Waals surface area contributed by atoms with Crippen LogP contribution in [0.5, 0.6) is 0 Å². The summed E-state index contributed by atoms with van der Waals surface area (Å²) in [5.74, 6) is 0.794. The summed E-state index contributed by atoms with van der Waals surface area (Å²) in [7, 11) is 0. The average Bonchev–Trinajstić information content (AvgIpc) is 2.90. The molecule has 0 atom stereocenters. The largest absolute Gasteiger partial charge is 0.469 e. The van der Waals surface area contributed by atoms with Gasteiger partial charge in [-0.3, -0.25) is 4.79 Å². The van der Waals surface area contributed by atoms with Gasteiger partial charge in [0.15, 0.2) is 0 Å². The molecule has 21 heavy (non-hydrogen) atoms. The van der Waals surface area contributed by atoms with Gasteiger partial charge in [0.1, 0.15) is 5.76 Å². The Hall–Kier alpha value is -2.36. The molecule has 1 aromatic carbocycles. The van der Waals surface area contributed by atoms with Crippen LogP contribution >= 0.6 is 0 Å². The smallest absolute Gasteiger partial charge is 0.274 e. The number of hydrogen-bond acceptors (Lipinski definition) is 3. The van der Waals surface area contributed by atoms with E-state index < -0.39 is 0 Å². The van der Waals surface area contributed by atoms with Crippen LogP contribution in [0, 0.1) is 12.8 Å². The van der Waals surface area contributed by atoms with Crippen LogP contribution in [0.3, 0.4) is 0 Å². The van der Waals surface area contributed by atoms with Gasteiger partial charge in [0.25, 0.3) is 5.91 Å². The molecule has 0 saturated heterocycles. The van der Waals surface area contributed by atoms with E-state index in [-0.39, 0.29) is 5.91 Å². The van der Waals surface area contributed by atoms with Crippen molar-refractivity contribution in [3.8, 4) is 0 Å². The maximum Gasteiger partial charge on any atom is 0.274 e. The van der Waals surface area contributed by atoms with Gasteiger partial charge in [-0.15, -0.1) is 0 Å². The van der Waals surface area contributed by atoms with E-state index in [9.17, 15) is 4.79 Å². The molecule has 4 heteroatoms. The number of rotatable bonds is 5. The summed E-state index contributed by atoms with van der Waals surface area (Å²) in [4.78, 5) is 12.1. The highest BCUT2D eigenvalue weighted by Crippen LogP contribution is 2.11. The van der Waals surface area contributed by atoms with Crippen molar-refractivity contribution in [3.05, 3.63) is 59.5 Å². The number of amides is 1. The third kappa shape index (κ3) is 4.05. The van der Waals surface area contributed by atoms with E-state index in [2.05, 4.69) is 24.4 Å². The average molecular weight is 284 g/mol. The highest BCUT2D eigenvalue weighted by atomic mass is 16.3. The number of nitrogens with zero attached hydrogens (tertiary/aromatic N) is 1. The predicted octanol–water partition coefficient (Wildman–Crippen LogP) is 3.77. The molecule has 0 spiro atoms. The molecule has 1 aromatic heterocycles. The minimum absolute atomic E-state index is 0.251. The fourth-order valence-corrected chi connectivity index (χ4v) is 2.04. The highest BCUT2D eigenvalue weighted by molar-refractivity contribution is 6.02. The van der Waals surface area contributed by atoms with E-state index >= 15 is 0 Å². The van der Waals surface area contributed by atoms with Crippen molar-refractivity contribution in [1.82, 2.24) is 5.43 Å². The van der Waals surface area contributed by atoms with Gasteiger partial charge >= 0.3 is 0 Å². The lowest BCUT2D eigenvalue weighted by Crippen LogP contribution is -2.21. The molecule has 1 amide bonds. The van der Waals surface area contributed by atoms with Crippen molar-refractivity contribution >= 4 is 11.6 Å². The Bertz CT molecular complexity index is 627. The van der Waals surface area contributed by atoms with E-state index in [1.807, 2.05) is 30.3 Å². The van der Waals surface area contributed by atoms with Gasteiger partial charge in [0.05, 0.1) is 17.5 Å². The molecule has 1 heterocycles. The summed E-state index contributed by atoms with van der Waals surface area (Å²) >= 11 is 0. The molecule has 0 aliphatic carbocycles. The van der Waals surface area contributed by atoms with E-state index in [4.69, 9.17) is 4.42 Å². The van der Waals surface area contributed by atoms with Gasteiger partial charge in [0.2, 0.25) is 0 Å². The highest BCUT2D eigenvalue weighted by Gasteiger charge is 2.12. The van der Waals surface area contributed by atoms with Crippen LogP contribution in [0.25, 0.3) is 0 Å². The van der Waals surface area contributed by atoms with Gasteiger partial charge in [-0.2, -0.15) is 5.10 Å². The Balaban J connectivity index is 2.17. The second-order valence-corrected chi connectivity index (χ2v) is 5.35. The number of hydrazone groups is 1. The van der Waals surface area contributed by atoms with E-state index in [0.29, 0.717) is 17.2 Å². The normalized spacial score (nSPS) is 11.7. The van der Waals surface area contributed by atoms with Crippen LogP contribution in [0.15, 0.2) is 52.2 Å². The first kappa shape index (κ1) is 15.0. The molecular weight excluding hydrogens is 264 g/mol. The monoisotopic (exact) mass is 284 g/mol. The molecule has 0 saturated carbocycles. The van der Waals surface area contributed by atoms with Gasteiger partial charge in [-0.1, -0.05) is 44.2 Å². The molecule has 0 fully saturated rings. The molecule has 110 valence electrons. The van der Waals surface area contributed by atoms with Gasteiger partial charge in [0, 0.05) is 0 Å². The molecule has 2 rings (SSSR count). The fraction of sp³-hybridized carbons (Fsp3) is 0.294. The van der Waals surface area contributed by atoms with Crippen molar-refractivity contribution in [2.24, 2.45) is 11.0 Å². The zero-order chi connectivity index (χ0) is 15.2. The minimum Gasteiger partial charge on any atom is -0.469 e. The summed E-state index contributed by atoms with van der Waals surface area (Å²) in [6, 6.07) is 11.5. The SMILES string of the molecule is Cc1occc1C(=O)N/N=C(\CC(C)C)c1ccccc1. The molecular formula is C17H20N2O2. The molecule has 1 N–H and O–H groups in total. The first-order valence-corrected chi connectivity index (χ1v) is 7.04. The van der Waals surface area contributed by atoms with E-state index in [0.717, 1.165) is 17.7 Å². The molecule has 4 nitrogen and oxygen atoms in total. The molecule has 0 bridgehead atoms. The van der Waals surface area contributed by atoms with Crippen LogP contribution in [0.1, 0.15) is 41.9 Å².